The fourth-order valence-corrected chi connectivity index (χ4v) is 4.72. The van der Waals surface area contributed by atoms with Crippen LogP contribution < -0.4 is 5.32 Å². The number of carbonyl (C=O) groups is 1. The van der Waals surface area contributed by atoms with E-state index < -0.39 is 0 Å². The summed E-state index contributed by atoms with van der Waals surface area (Å²) >= 11 is 5.99. The lowest BCUT2D eigenvalue weighted by Crippen LogP contribution is -2.35. The first-order valence-corrected chi connectivity index (χ1v) is 10.1. The number of aromatic nitrogens is 3. The molecular formula is C22H19ClN4O. The molecule has 6 rings (SSSR count). The molecule has 1 N–H and O–H groups in total. The predicted octanol–water partition coefficient (Wildman–Crippen LogP) is 4.00. The summed E-state index contributed by atoms with van der Waals surface area (Å²) in [5.41, 5.74) is 3.74. The zero-order valence-corrected chi connectivity index (χ0v) is 16.0. The predicted molar refractivity (Wildman–Crippen MR) is 106 cm³/mol. The van der Waals surface area contributed by atoms with E-state index in [0.29, 0.717) is 22.6 Å². The molecule has 3 aliphatic rings. The van der Waals surface area contributed by atoms with Crippen molar-refractivity contribution in [1.29, 1.82) is 0 Å². The normalized spacial score (nSPS) is 23.0. The minimum Gasteiger partial charge on any atom is -0.341 e. The fraction of sp³-hybridized carbons (Fsp3) is 0.318. The third-order valence-electron chi connectivity index (χ3n) is 6.34. The summed E-state index contributed by atoms with van der Waals surface area (Å²) in [5, 5.41) is 8.58. The maximum Gasteiger partial charge on any atom is 0.272 e. The van der Waals surface area contributed by atoms with E-state index in [1.54, 1.807) is 6.20 Å². The van der Waals surface area contributed by atoms with Gasteiger partial charge in [0, 0.05) is 17.7 Å². The van der Waals surface area contributed by atoms with Crippen LogP contribution in [0, 0.1) is 5.92 Å². The molecule has 2 saturated carbocycles. The molecule has 0 spiro atoms. The van der Waals surface area contributed by atoms with Gasteiger partial charge >= 0.3 is 0 Å². The number of benzene rings is 1. The second kappa shape index (κ2) is 5.67. The highest BCUT2D eigenvalue weighted by atomic mass is 35.5. The highest BCUT2D eigenvalue weighted by Gasteiger charge is 2.51. The average molecular weight is 391 g/mol. The molecule has 6 heteroatoms. The van der Waals surface area contributed by atoms with Crippen LogP contribution in [-0.4, -0.2) is 20.7 Å². The third kappa shape index (κ3) is 2.42. The van der Waals surface area contributed by atoms with E-state index >= 15 is 0 Å². The molecule has 1 amide bonds. The Morgan fingerprint density at radius 2 is 2.00 bits per heavy atom. The monoisotopic (exact) mass is 390 g/mol. The van der Waals surface area contributed by atoms with Gasteiger partial charge in [-0.15, -0.1) is 0 Å². The van der Waals surface area contributed by atoms with E-state index in [2.05, 4.69) is 22.4 Å². The minimum atomic E-state index is -0.241. The van der Waals surface area contributed by atoms with Gasteiger partial charge in [0.1, 0.15) is 0 Å². The largest absolute Gasteiger partial charge is 0.341 e. The number of halogens is 1. The molecule has 1 aromatic carbocycles. The number of nitrogens with zero attached hydrogens (tertiary/aromatic N) is 3. The highest BCUT2D eigenvalue weighted by molar-refractivity contribution is 6.30. The minimum absolute atomic E-state index is 0.0772. The van der Waals surface area contributed by atoms with Gasteiger partial charge in [-0.1, -0.05) is 41.9 Å². The van der Waals surface area contributed by atoms with Gasteiger partial charge in [0.15, 0.2) is 11.5 Å². The lowest BCUT2D eigenvalue weighted by molar-refractivity contribution is 0.0924. The molecule has 3 aromatic rings. The number of carbonyl (C=O) groups excluding carboxylic acids is 1. The van der Waals surface area contributed by atoms with E-state index in [4.69, 9.17) is 16.7 Å². The Bertz CT molecular complexity index is 1090. The molecule has 0 unspecified atom stereocenters. The van der Waals surface area contributed by atoms with E-state index in [9.17, 15) is 4.79 Å². The number of fused-ring (bicyclic) bond motifs is 3. The van der Waals surface area contributed by atoms with Gasteiger partial charge in [-0.2, -0.15) is 5.10 Å². The Morgan fingerprint density at radius 3 is 2.71 bits per heavy atom. The topological polar surface area (TPSA) is 59.8 Å². The Morgan fingerprint density at radius 1 is 1.18 bits per heavy atom. The summed E-state index contributed by atoms with van der Waals surface area (Å²) in [6.45, 7) is 0. The smallest absolute Gasteiger partial charge is 0.272 e. The standard InChI is InChI=1S/C22H19ClN4O/c23-15-6-7-18(24-12-15)27-20-16-10-13(16)11-17(20)19(26-27)21(28)25-22(8-9-22)14-4-2-1-3-5-14/h1-7,12-13,16H,8-11H2,(H,25,28)/t13-,16-/m0/s1. The quantitative estimate of drug-likeness (QED) is 0.732. The first-order valence-electron chi connectivity index (χ1n) is 9.76. The summed E-state index contributed by atoms with van der Waals surface area (Å²) in [7, 11) is 0. The molecule has 0 radical (unpaired) electrons. The summed E-state index contributed by atoms with van der Waals surface area (Å²) in [6.07, 6.45) is 5.68. The van der Waals surface area contributed by atoms with Gasteiger partial charge < -0.3 is 5.32 Å². The number of hydrogen-bond donors (Lipinski definition) is 1. The first-order chi connectivity index (χ1) is 13.6. The number of rotatable bonds is 4. The molecule has 0 saturated heterocycles. The Balaban J connectivity index is 1.37. The summed E-state index contributed by atoms with van der Waals surface area (Å²) in [5.74, 6) is 1.80. The van der Waals surface area contributed by atoms with Gasteiger partial charge in [-0.05, 0) is 49.3 Å². The van der Waals surface area contributed by atoms with Crippen molar-refractivity contribution in [3.8, 4) is 5.82 Å². The van der Waals surface area contributed by atoms with E-state index in [-0.39, 0.29) is 11.4 Å². The molecule has 0 bridgehead atoms. The van der Waals surface area contributed by atoms with Crippen molar-refractivity contribution in [2.24, 2.45) is 5.92 Å². The Labute approximate surface area is 167 Å². The van der Waals surface area contributed by atoms with Crippen LogP contribution in [0.1, 0.15) is 52.5 Å². The lowest BCUT2D eigenvalue weighted by atomic mass is 10.0. The molecular weight excluding hydrogens is 372 g/mol. The van der Waals surface area contributed by atoms with Crippen molar-refractivity contribution in [3.63, 3.8) is 0 Å². The molecule has 5 nitrogen and oxygen atoms in total. The van der Waals surface area contributed by atoms with Crippen molar-refractivity contribution < 1.29 is 4.79 Å². The molecule has 28 heavy (non-hydrogen) atoms. The summed E-state index contributed by atoms with van der Waals surface area (Å²) in [4.78, 5) is 17.6. The second-order valence-electron chi connectivity index (χ2n) is 8.17. The molecule has 2 heterocycles. The van der Waals surface area contributed by atoms with E-state index in [1.807, 2.05) is 35.0 Å². The van der Waals surface area contributed by atoms with Gasteiger partial charge in [0.05, 0.1) is 16.3 Å². The van der Waals surface area contributed by atoms with Gasteiger partial charge in [0.25, 0.3) is 5.91 Å². The first kappa shape index (κ1) is 16.3. The van der Waals surface area contributed by atoms with Crippen molar-refractivity contribution in [1.82, 2.24) is 20.1 Å². The number of pyridine rings is 1. The van der Waals surface area contributed by atoms with Crippen molar-refractivity contribution in [2.75, 3.05) is 0 Å². The van der Waals surface area contributed by atoms with Crippen LogP contribution in [0.2, 0.25) is 5.02 Å². The van der Waals surface area contributed by atoms with Gasteiger partial charge in [-0.25, -0.2) is 9.67 Å². The van der Waals surface area contributed by atoms with Crippen LogP contribution in [0.4, 0.5) is 0 Å². The number of amides is 1. The number of hydrogen-bond acceptors (Lipinski definition) is 3. The Kier molecular flexibility index (Phi) is 3.30. The molecule has 2 atom stereocenters. The van der Waals surface area contributed by atoms with Crippen LogP contribution in [0.3, 0.4) is 0 Å². The Hall–Kier alpha value is -2.66. The van der Waals surface area contributed by atoms with E-state index in [1.165, 1.54) is 12.0 Å². The van der Waals surface area contributed by atoms with Crippen molar-refractivity contribution in [2.45, 2.75) is 37.1 Å². The zero-order valence-electron chi connectivity index (χ0n) is 15.2. The molecule has 0 aliphatic heterocycles. The molecule has 140 valence electrons. The highest BCUT2D eigenvalue weighted by Crippen LogP contribution is 2.57. The maximum atomic E-state index is 13.2. The third-order valence-corrected chi connectivity index (χ3v) is 6.56. The number of nitrogens with one attached hydrogen (secondary N) is 1. The van der Waals surface area contributed by atoms with Crippen LogP contribution in [0.25, 0.3) is 5.82 Å². The second-order valence-corrected chi connectivity index (χ2v) is 8.60. The lowest BCUT2D eigenvalue weighted by Gasteiger charge is -2.17. The van der Waals surface area contributed by atoms with Gasteiger partial charge in [-0.3, -0.25) is 4.79 Å². The molecule has 3 aliphatic carbocycles. The molecule has 2 aromatic heterocycles. The van der Waals surface area contributed by atoms with Crippen LogP contribution in [-0.2, 0) is 12.0 Å². The summed E-state index contributed by atoms with van der Waals surface area (Å²) in [6, 6.07) is 13.9. The van der Waals surface area contributed by atoms with Crippen LogP contribution in [0.15, 0.2) is 48.7 Å². The van der Waals surface area contributed by atoms with Crippen LogP contribution >= 0.6 is 11.6 Å². The summed E-state index contributed by atoms with van der Waals surface area (Å²) < 4.78 is 1.86. The fourth-order valence-electron chi connectivity index (χ4n) is 4.61. The van der Waals surface area contributed by atoms with Crippen molar-refractivity contribution in [3.05, 3.63) is 76.2 Å². The van der Waals surface area contributed by atoms with E-state index in [0.717, 1.165) is 36.3 Å². The SMILES string of the molecule is O=C(NC1(c2ccccc2)CC1)c1nn(-c2ccc(Cl)cn2)c2c1C[C@@H]1C[C@H]21. The zero-order chi connectivity index (χ0) is 18.9. The van der Waals surface area contributed by atoms with Gasteiger partial charge in [0.2, 0.25) is 0 Å². The van der Waals surface area contributed by atoms with Crippen molar-refractivity contribution >= 4 is 17.5 Å². The molecule has 2 fully saturated rings. The average Bonchev–Trinajstić information content (AvgIpc) is 3.59. The maximum absolute atomic E-state index is 13.2. The van der Waals surface area contributed by atoms with Crippen LogP contribution in [0.5, 0.6) is 0 Å².